The number of carbonyl (C=O) groups is 2. The highest BCUT2D eigenvalue weighted by Gasteiger charge is 2.09. The van der Waals surface area contributed by atoms with E-state index < -0.39 is 0 Å². The van der Waals surface area contributed by atoms with E-state index >= 15 is 0 Å². The predicted molar refractivity (Wildman–Crippen MR) is 110 cm³/mol. The van der Waals surface area contributed by atoms with Crippen molar-refractivity contribution in [3.05, 3.63) is 90.0 Å². The molecule has 2 N–H and O–H groups in total. The van der Waals surface area contributed by atoms with Gasteiger partial charge in [-0.1, -0.05) is 30.3 Å². The molecular weight excluding hydrogens is 368 g/mol. The van der Waals surface area contributed by atoms with Crippen molar-refractivity contribution in [2.45, 2.75) is 6.54 Å². The minimum Gasteiger partial charge on any atom is -0.497 e. The summed E-state index contributed by atoms with van der Waals surface area (Å²) in [5.41, 5.74) is 1.36. The van der Waals surface area contributed by atoms with E-state index in [1.807, 2.05) is 54.6 Å². The van der Waals surface area contributed by atoms with E-state index in [1.54, 1.807) is 31.4 Å². The van der Waals surface area contributed by atoms with Gasteiger partial charge in [0.2, 0.25) is 5.91 Å². The summed E-state index contributed by atoms with van der Waals surface area (Å²) in [4.78, 5) is 24.2. The van der Waals surface area contributed by atoms with Gasteiger partial charge in [-0.2, -0.15) is 0 Å². The van der Waals surface area contributed by atoms with Crippen LogP contribution in [-0.4, -0.2) is 25.5 Å². The molecule has 6 nitrogen and oxygen atoms in total. The molecule has 0 heterocycles. The maximum atomic E-state index is 12.2. The summed E-state index contributed by atoms with van der Waals surface area (Å²) in [6.45, 7) is 0.252. The van der Waals surface area contributed by atoms with Crippen molar-refractivity contribution in [2.24, 2.45) is 0 Å². The number of ether oxygens (including phenoxy) is 2. The van der Waals surface area contributed by atoms with Crippen molar-refractivity contribution >= 4 is 11.8 Å². The SMILES string of the molecule is COc1cccc(CNC(=O)CNC(=O)c2ccc(Oc3ccccc3)cc2)c1. The second-order valence-corrected chi connectivity index (χ2v) is 6.25. The molecule has 2 amide bonds. The normalized spacial score (nSPS) is 10.1. The Morgan fingerprint density at radius 1 is 0.793 bits per heavy atom. The first kappa shape index (κ1) is 19.9. The number of rotatable bonds is 8. The molecule has 0 atom stereocenters. The van der Waals surface area contributed by atoms with Crippen LogP contribution in [0.15, 0.2) is 78.9 Å². The largest absolute Gasteiger partial charge is 0.497 e. The molecule has 3 rings (SSSR count). The average Bonchev–Trinajstić information content (AvgIpc) is 2.77. The summed E-state index contributed by atoms with van der Waals surface area (Å²) in [7, 11) is 1.59. The average molecular weight is 390 g/mol. The standard InChI is InChI=1S/C23H22N2O4/c1-28-21-9-5-6-17(14-21)15-24-22(26)16-25-23(27)18-10-12-20(13-11-18)29-19-7-3-2-4-8-19/h2-14H,15-16H2,1H3,(H,24,26)(H,25,27). The maximum absolute atomic E-state index is 12.2. The van der Waals surface area contributed by atoms with Crippen LogP contribution in [0, 0.1) is 0 Å². The summed E-state index contributed by atoms with van der Waals surface area (Å²) < 4.78 is 10.8. The zero-order chi connectivity index (χ0) is 20.5. The lowest BCUT2D eigenvalue weighted by molar-refractivity contribution is -0.120. The number of amides is 2. The fourth-order valence-electron chi connectivity index (χ4n) is 2.61. The molecule has 6 heteroatoms. The molecule has 0 radical (unpaired) electrons. The lowest BCUT2D eigenvalue weighted by atomic mass is 10.2. The van der Waals surface area contributed by atoms with Gasteiger partial charge in [0.05, 0.1) is 13.7 Å². The van der Waals surface area contributed by atoms with Crippen LogP contribution in [0.1, 0.15) is 15.9 Å². The monoisotopic (exact) mass is 390 g/mol. The van der Waals surface area contributed by atoms with E-state index in [0.717, 1.165) is 17.1 Å². The van der Waals surface area contributed by atoms with E-state index in [0.29, 0.717) is 17.9 Å². The Balaban J connectivity index is 1.45. The Morgan fingerprint density at radius 3 is 2.21 bits per heavy atom. The Kier molecular flexibility index (Phi) is 6.84. The molecule has 3 aromatic rings. The Hall–Kier alpha value is -3.80. The summed E-state index contributed by atoms with van der Waals surface area (Å²) in [5.74, 6) is 1.48. The van der Waals surface area contributed by atoms with Crippen LogP contribution in [0.4, 0.5) is 0 Å². The van der Waals surface area contributed by atoms with Crippen LogP contribution in [0.5, 0.6) is 17.2 Å². The van der Waals surface area contributed by atoms with E-state index in [4.69, 9.17) is 9.47 Å². The van der Waals surface area contributed by atoms with Gasteiger partial charge in [-0.05, 0) is 54.1 Å². The van der Waals surface area contributed by atoms with Crippen molar-refractivity contribution in [2.75, 3.05) is 13.7 Å². The molecule has 0 spiro atoms. The van der Waals surface area contributed by atoms with Crippen LogP contribution in [0.25, 0.3) is 0 Å². The number of para-hydroxylation sites is 1. The van der Waals surface area contributed by atoms with Crippen molar-refractivity contribution < 1.29 is 19.1 Å². The number of nitrogens with one attached hydrogen (secondary N) is 2. The van der Waals surface area contributed by atoms with Gasteiger partial charge in [-0.15, -0.1) is 0 Å². The first-order valence-electron chi connectivity index (χ1n) is 9.15. The van der Waals surface area contributed by atoms with Gasteiger partial charge in [0.1, 0.15) is 17.2 Å². The molecule has 148 valence electrons. The van der Waals surface area contributed by atoms with Crippen LogP contribution in [0.3, 0.4) is 0 Å². The molecule has 3 aromatic carbocycles. The lowest BCUT2D eigenvalue weighted by Gasteiger charge is -2.09. The molecule has 0 aliphatic heterocycles. The van der Waals surface area contributed by atoms with Gasteiger partial charge in [0.15, 0.2) is 0 Å². The van der Waals surface area contributed by atoms with Crippen LogP contribution in [0.2, 0.25) is 0 Å². The molecule has 0 saturated heterocycles. The van der Waals surface area contributed by atoms with Gasteiger partial charge < -0.3 is 20.1 Å². The Bertz CT molecular complexity index is 956. The molecule has 0 unspecified atom stereocenters. The molecule has 29 heavy (non-hydrogen) atoms. The lowest BCUT2D eigenvalue weighted by Crippen LogP contribution is -2.36. The van der Waals surface area contributed by atoms with Crippen LogP contribution < -0.4 is 20.1 Å². The molecule has 0 aromatic heterocycles. The summed E-state index contributed by atoms with van der Waals surface area (Å²) >= 11 is 0. The highest BCUT2D eigenvalue weighted by atomic mass is 16.5. The highest BCUT2D eigenvalue weighted by molar-refractivity contribution is 5.96. The second kappa shape index (κ2) is 9.94. The van der Waals surface area contributed by atoms with Crippen molar-refractivity contribution in [1.82, 2.24) is 10.6 Å². The number of carbonyl (C=O) groups excluding carboxylic acids is 2. The van der Waals surface area contributed by atoms with Gasteiger partial charge in [0.25, 0.3) is 5.91 Å². The second-order valence-electron chi connectivity index (χ2n) is 6.25. The molecule has 0 aliphatic rings. The zero-order valence-electron chi connectivity index (χ0n) is 16.1. The molecule has 0 saturated carbocycles. The van der Waals surface area contributed by atoms with Gasteiger partial charge in [0, 0.05) is 12.1 Å². The van der Waals surface area contributed by atoms with E-state index in [-0.39, 0.29) is 18.4 Å². The molecule has 0 aliphatic carbocycles. The quantitative estimate of drug-likeness (QED) is 0.617. The van der Waals surface area contributed by atoms with Crippen molar-refractivity contribution in [1.29, 1.82) is 0 Å². The molecule has 0 fully saturated rings. The van der Waals surface area contributed by atoms with Gasteiger partial charge in [-0.3, -0.25) is 9.59 Å². The minimum absolute atomic E-state index is 0.106. The molecule has 0 bridgehead atoms. The highest BCUT2D eigenvalue weighted by Crippen LogP contribution is 2.21. The first-order chi connectivity index (χ1) is 14.1. The van der Waals surface area contributed by atoms with Gasteiger partial charge >= 0.3 is 0 Å². The van der Waals surface area contributed by atoms with E-state index in [2.05, 4.69) is 10.6 Å². The summed E-state index contributed by atoms with van der Waals surface area (Å²) in [5, 5.41) is 5.37. The summed E-state index contributed by atoms with van der Waals surface area (Å²) in [6, 6.07) is 23.5. The van der Waals surface area contributed by atoms with Gasteiger partial charge in [-0.25, -0.2) is 0 Å². The third-order valence-corrected chi connectivity index (χ3v) is 4.13. The van der Waals surface area contributed by atoms with Crippen LogP contribution >= 0.6 is 0 Å². The smallest absolute Gasteiger partial charge is 0.251 e. The van der Waals surface area contributed by atoms with Crippen molar-refractivity contribution in [3.8, 4) is 17.2 Å². The number of benzene rings is 3. The fourth-order valence-corrected chi connectivity index (χ4v) is 2.61. The zero-order valence-corrected chi connectivity index (χ0v) is 16.1. The number of hydrogen-bond donors (Lipinski definition) is 2. The minimum atomic E-state index is -0.326. The Morgan fingerprint density at radius 2 is 1.48 bits per heavy atom. The number of hydrogen-bond acceptors (Lipinski definition) is 4. The predicted octanol–water partition coefficient (Wildman–Crippen LogP) is 3.53. The fraction of sp³-hybridized carbons (Fsp3) is 0.130. The first-order valence-corrected chi connectivity index (χ1v) is 9.15. The van der Waals surface area contributed by atoms with Crippen molar-refractivity contribution in [3.63, 3.8) is 0 Å². The number of methoxy groups -OCH3 is 1. The third kappa shape index (κ3) is 6.10. The summed E-state index contributed by atoms with van der Waals surface area (Å²) in [6.07, 6.45) is 0. The maximum Gasteiger partial charge on any atom is 0.251 e. The third-order valence-electron chi connectivity index (χ3n) is 4.13. The van der Waals surface area contributed by atoms with E-state index in [9.17, 15) is 9.59 Å². The topological polar surface area (TPSA) is 76.7 Å². The van der Waals surface area contributed by atoms with E-state index in [1.165, 1.54) is 0 Å². The van der Waals surface area contributed by atoms with Crippen LogP contribution in [-0.2, 0) is 11.3 Å². The Labute approximate surface area is 169 Å². The molecular formula is C23H22N2O4.